The molecule has 0 rings (SSSR count). The van der Waals surface area contributed by atoms with Crippen LogP contribution in [0.4, 0.5) is 0 Å². The lowest BCUT2D eigenvalue weighted by Crippen LogP contribution is -2.30. The first-order valence-electron chi connectivity index (χ1n) is 29.2. The Morgan fingerprint density at radius 2 is 0.557 bits per heavy atom. The Morgan fingerprint density at radius 3 is 0.886 bits per heavy atom. The van der Waals surface area contributed by atoms with Crippen molar-refractivity contribution >= 4 is 17.9 Å². The number of hydrogen-bond donors (Lipinski definition) is 0. The van der Waals surface area contributed by atoms with E-state index in [0.717, 1.165) is 122 Å². The number of unbranched alkanes of at least 4 members (excludes halogenated alkanes) is 25. The molecule has 0 spiro atoms. The van der Waals surface area contributed by atoms with E-state index in [1.54, 1.807) is 0 Å². The number of esters is 3. The predicted octanol–water partition coefficient (Wildman–Crippen LogP) is 19.7. The van der Waals surface area contributed by atoms with Crippen molar-refractivity contribution in [3.05, 3.63) is 97.2 Å². The van der Waals surface area contributed by atoms with Crippen LogP contribution in [0.2, 0.25) is 0 Å². The lowest BCUT2D eigenvalue weighted by Gasteiger charge is -2.18. The maximum Gasteiger partial charge on any atom is 0.306 e. The van der Waals surface area contributed by atoms with Gasteiger partial charge in [-0.15, -0.1) is 0 Å². The van der Waals surface area contributed by atoms with Crippen molar-refractivity contribution in [2.75, 3.05) is 13.2 Å². The summed E-state index contributed by atoms with van der Waals surface area (Å²) in [4.78, 5) is 37.9. The van der Waals surface area contributed by atoms with Gasteiger partial charge in [0.2, 0.25) is 0 Å². The number of carbonyl (C=O) groups is 3. The van der Waals surface area contributed by atoms with Gasteiger partial charge in [-0.3, -0.25) is 14.4 Å². The molecule has 400 valence electrons. The number of hydrogen-bond acceptors (Lipinski definition) is 6. The number of carbonyl (C=O) groups excluding carboxylic acids is 3. The molecular formula is C64H108O6. The van der Waals surface area contributed by atoms with Crippen LogP contribution in [0.3, 0.4) is 0 Å². The van der Waals surface area contributed by atoms with Gasteiger partial charge in [-0.25, -0.2) is 0 Å². The summed E-state index contributed by atoms with van der Waals surface area (Å²) in [6.45, 7) is 6.46. The SMILES string of the molecule is CC/C=C\C/C=C\C/C=C\C/C=C\C/C=C\C/C=C\C/C=C\CCCCCCCCCCCC(=O)OCC(COC(=O)CCCCCCCCC)OC(=O)CCCCCCC/C=C\CCCCCCC. The van der Waals surface area contributed by atoms with Crippen LogP contribution in [0.1, 0.15) is 271 Å². The van der Waals surface area contributed by atoms with E-state index in [1.807, 2.05) is 0 Å². The fraction of sp³-hybridized carbons (Fsp3) is 0.703. The van der Waals surface area contributed by atoms with Crippen molar-refractivity contribution in [1.29, 1.82) is 0 Å². The molecule has 0 saturated heterocycles. The smallest absolute Gasteiger partial charge is 0.306 e. The molecule has 0 bridgehead atoms. The second-order valence-corrected chi connectivity index (χ2v) is 19.2. The topological polar surface area (TPSA) is 78.9 Å². The van der Waals surface area contributed by atoms with E-state index in [9.17, 15) is 14.4 Å². The van der Waals surface area contributed by atoms with Crippen LogP contribution in [-0.4, -0.2) is 37.2 Å². The molecule has 0 radical (unpaired) electrons. The molecule has 6 heteroatoms. The highest BCUT2D eigenvalue weighted by Gasteiger charge is 2.19. The van der Waals surface area contributed by atoms with Crippen LogP contribution in [-0.2, 0) is 28.6 Å². The van der Waals surface area contributed by atoms with Gasteiger partial charge in [0, 0.05) is 19.3 Å². The molecule has 0 aliphatic heterocycles. The molecular weight excluding hydrogens is 865 g/mol. The van der Waals surface area contributed by atoms with Gasteiger partial charge in [0.1, 0.15) is 13.2 Å². The second-order valence-electron chi connectivity index (χ2n) is 19.2. The van der Waals surface area contributed by atoms with Crippen molar-refractivity contribution in [2.24, 2.45) is 0 Å². The fourth-order valence-electron chi connectivity index (χ4n) is 7.95. The molecule has 0 N–H and O–H groups in total. The molecule has 0 saturated carbocycles. The van der Waals surface area contributed by atoms with Crippen molar-refractivity contribution < 1.29 is 28.6 Å². The first-order valence-corrected chi connectivity index (χ1v) is 29.2. The zero-order chi connectivity index (χ0) is 50.7. The van der Waals surface area contributed by atoms with Gasteiger partial charge in [0.05, 0.1) is 0 Å². The molecule has 0 fully saturated rings. The largest absolute Gasteiger partial charge is 0.462 e. The van der Waals surface area contributed by atoms with Crippen molar-refractivity contribution in [1.82, 2.24) is 0 Å². The summed E-state index contributed by atoms with van der Waals surface area (Å²) in [6.07, 6.45) is 77.1. The van der Waals surface area contributed by atoms with Gasteiger partial charge in [-0.05, 0) is 103 Å². The van der Waals surface area contributed by atoms with E-state index >= 15 is 0 Å². The summed E-state index contributed by atoms with van der Waals surface area (Å²) in [6, 6.07) is 0. The normalized spacial score (nSPS) is 12.8. The lowest BCUT2D eigenvalue weighted by molar-refractivity contribution is -0.167. The van der Waals surface area contributed by atoms with E-state index in [2.05, 4.69) is 118 Å². The molecule has 0 amide bonds. The van der Waals surface area contributed by atoms with Gasteiger partial charge < -0.3 is 14.2 Å². The summed E-state index contributed by atoms with van der Waals surface area (Å²) in [5.74, 6) is -0.900. The molecule has 1 unspecified atom stereocenters. The minimum atomic E-state index is -0.780. The Hall–Kier alpha value is -3.67. The van der Waals surface area contributed by atoms with Crippen LogP contribution in [0.15, 0.2) is 97.2 Å². The Morgan fingerprint density at radius 1 is 0.300 bits per heavy atom. The summed E-state index contributed by atoms with van der Waals surface area (Å²) >= 11 is 0. The third-order valence-electron chi connectivity index (χ3n) is 12.3. The van der Waals surface area contributed by atoms with Crippen molar-refractivity contribution in [2.45, 2.75) is 277 Å². The van der Waals surface area contributed by atoms with Gasteiger partial charge >= 0.3 is 17.9 Å². The molecule has 6 nitrogen and oxygen atoms in total. The van der Waals surface area contributed by atoms with Crippen LogP contribution in [0, 0.1) is 0 Å². The highest BCUT2D eigenvalue weighted by Crippen LogP contribution is 2.15. The first kappa shape index (κ1) is 66.3. The van der Waals surface area contributed by atoms with E-state index in [0.29, 0.717) is 19.3 Å². The average Bonchev–Trinajstić information content (AvgIpc) is 3.36. The second kappa shape index (κ2) is 57.9. The summed E-state index contributed by atoms with van der Waals surface area (Å²) in [5, 5.41) is 0. The van der Waals surface area contributed by atoms with Crippen LogP contribution in [0.5, 0.6) is 0 Å². The summed E-state index contributed by atoms with van der Waals surface area (Å²) in [5.41, 5.74) is 0. The molecule has 70 heavy (non-hydrogen) atoms. The summed E-state index contributed by atoms with van der Waals surface area (Å²) in [7, 11) is 0. The summed E-state index contributed by atoms with van der Waals surface area (Å²) < 4.78 is 16.8. The van der Waals surface area contributed by atoms with Crippen LogP contribution < -0.4 is 0 Å². The Labute approximate surface area is 432 Å². The lowest BCUT2D eigenvalue weighted by atomic mass is 10.1. The third kappa shape index (κ3) is 55.3. The Bertz CT molecular complexity index is 1400. The van der Waals surface area contributed by atoms with Crippen LogP contribution >= 0.6 is 0 Å². The zero-order valence-corrected chi connectivity index (χ0v) is 45.8. The average molecular weight is 974 g/mol. The number of allylic oxidation sites excluding steroid dienone is 16. The van der Waals surface area contributed by atoms with Gasteiger partial charge in [0.15, 0.2) is 6.10 Å². The predicted molar refractivity (Wildman–Crippen MR) is 302 cm³/mol. The maximum absolute atomic E-state index is 12.8. The monoisotopic (exact) mass is 973 g/mol. The van der Waals surface area contributed by atoms with E-state index in [1.165, 1.54) is 109 Å². The molecule has 0 heterocycles. The molecule has 1 atom stereocenters. The minimum Gasteiger partial charge on any atom is -0.462 e. The van der Waals surface area contributed by atoms with Gasteiger partial charge in [-0.2, -0.15) is 0 Å². The Balaban J connectivity index is 4.13. The van der Waals surface area contributed by atoms with E-state index in [-0.39, 0.29) is 31.1 Å². The van der Waals surface area contributed by atoms with Crippen molar-refractivity contribution in [3.8, 4) is 0 Å². The van der Waals surface area contributed by atoms with Gasteiger partial charge in [0.25, 0.3) is 0 Å². The zero-order valence-electron chi connectivity index (χ0n) is 45.8. The molecule has 0 aromatic carbocycles. The van der Waals surface area contributed by atoms with E-state index < -0.39 is 6.10 Å². The standard InChI is InChI=1S/C64H108O6/c1-4-7-10-13-16-18-20-22-24-25-26-27-28-29-30-31-32-33-34-35-36-37-38-39-40-42-43-45-48-51-54-57-63(66)69-60-61(59-68-62(65)56-53-50-47-15-12-9-6-3)70-64(67)58-55-52-49-46-44-41-23-21-19-17-14-11-8-5-2/h7,10,16,18,21-24,26-27,29-30,32-33,35-36,61H,4-6,8-9,11-15,17,19-20,25,28,31,34,37-60H2,1-3H3/b10-7-,18-16-,23-21-,24-22-,27-26-,30-29-,33-32-,36-35-. The molecule has 0 aliphatic carbocycles. The maximum atomic E-state index is 12.8. The Kier molecular flexibility index (Phi) is 54.9. The first-order chi connectivity index (χ1) is 34.5. The number of rotatable bonds is 52. The highest BCUT2D eigenvalue weighted by molar-refractivity contribution is 5.71. The van der Waals surface area contributed by atoms with E-state index in [4.69, 9.17) is 14.2 Å². The fourth-order valence-corrected chi connectivity index (χ4v) is 7.95. The quantitative estimate of drug-likeness (QED) is 0.0262. The van der Waals surface area contributed by atoms with Crippen molar-refractivity contribution in [3.63, 3.8) is 0 Å². The minimum absolute atomic E-state index is 0.0810. The van der Waals surface area contributed by atoms with Crippen LogP contribution in [0.25, 0.3) is 0 Å². The molecule has 0 aliphatic rings. The molecule has 0 aromatic rings. The third-order valence-corrected chi connectivity index (χ3v) is 12.3. The molecule has 0 aromatic heterocycles. The van der Waals surface area contributed by atoms with Gasteiger partial charge in [-0.1, -0.05) is 246 Å². The highest BCUT2D eigenvalue weighted by atomic mass is 16.6. The number of ether oxygens (including phenoxy) is 3.